The lowest BCUT2D eigenvalue weighted by Crippen LogP contribution is -2.18. The molecule has 1 atom stereocenters. The normalized spacial score (nSPS) is 13.9. The molecule has 1 aliphatic rings. The Hall–Kier alpha value is -3.07. The molecular formula is C26H32BrN5O3. The molecule has 9 heteroatoms. The summed E-state index contributed by atoms with van der Waals surface area (Å²) in [5.41, 5.74) is 10.4. The zero-order valence-electron chi connectivity index (χ0n) is 20.4. The molecule has 1 aromatic carbocycles. The van der Waals surface area contributed by atoms with Crippen LogP contribution in [0.3, 0.4) is 0 Å². The Morgan fingerprint density at radius 2 is 2.11 bits per heavy atom. The zero-order valence-corrected chi connectivity index (χ0v) is 22.0. The molecule has 35 heavy (non-hydrogen) atoms. The van der Waals surface area contributed by atoms with Gasteiger partial charge in [-0.05, 0) is 74.8 Å². The van der Waals surface area contributed by atoms with Gasteiger partial charge in [-0.2, -0.15) is 5.10 Å². The third-order valence-electron chi connectivity index (χ3n) is 6.35. The van der Waals surface area contributed by atoms with Crippen molar-refractivity contribution >= 4 is 33.3 Å². The van der Waals surface area contributed by atoms with Crippen LogP contribution in [0.2, 0.25) is 0 Å². The van der Waals surface area contributed by atoms with Crippen LogP contribution < -0.4 is 15.8 Å². The molecule has 1 aliphatic carbocycles. The van der Waals surface area contributed by atoms with E-state index in [1.165, 1.54) is 20.0 Å². The number of methoxy groups -OCH3 is 1. The third kappa shape index (κ3) is 6.33. The van der Waals surface area contributed by atoms with E-state index in [2.05, 4.69) is 31.3 Å². The van der Waals surface area contributed by atoms with E-state index in [4.69, 9.17) is 15.2 Å². The van der Waals surface area contributed by atoms with Crippen LogP contribution in [0.25, 0.3) is 11.3 Å². The highest BCUT2D eigenvalue weighted by Crippen LogP contribution is 2.39. The minimum absolute atomic E-state index is 0.396. The van der Waals surface area contributed by atoms with Gasteiger partial charge in [0.15, 0.2) is 0 Å². The van der Waals surface area contributed by atoms with E-state index in [0.717, 1.165) is 52.4 Å². The standard InChI is InChI=1S/C26H32BrN5O3/c1-16-11-19(26(33)34-3)12-23(31-16)21-15-30-32(2)25(21)35-10-4-5-18(17-6-7-17)14-29-24-13-20(27)8-9-22(24)28/h8-9,11-13,15,17-18,29H,4-7,10,14,28H2,1-3H3/t18-/m1/s1. The second kappa shape index (κ2) is 11.1. The fraction of sp³-hybridized carbons (Fsp3) is 0.423. The largest absolute Gasteiger partial charge is 0.477 e. The average Bonchev–Trinajstić information content (AvgIpc) is 3.62. The molecule has 0 amide bonds. The molecule has 3 N–H and O–H groups in total. The summed E-state index contributed by atoms with van der Waals surface area (Å²) in [6.07, 6.45) is 6.28. The molecule has 2 aromatic heterocycles. The number of carbonyl (C=O) groups excluding carboxylic acids is 1. The predicted molar refractivity (Wildman–Crippen MR) is 141 cm³/mol. The molecule has 0 aliphatic heterocycles. The van der Waals surface area contributed by atoms with Gasteiger partial charge in [0, 0.05) is 23.8 Å². The van der Waals surface area contributed by atoms with Gasteiger partial charge in [0.1, 0.15) is 0 Å². The smallest absolute Gasteiger partial charge is 0.337 e. The molecule has 1 fully saturated rings. The number of aromatic nitrogens is 3. The Labute approximate surface area is 214 Å². The maximum Gasteiger partial charge on any atom is 0.337 e. The van der Waals surface area contributed by atoms with E-state index in [-0.39, 0.29) is 0 Å². The minimum atomic E-state index is -0.396. The number of esters is 1. The number of hydrogen-bond acceptors (Lipinski definition) is 7. The summed E-state index contributed by atoms with van der Waals surface area (Å²) in [4.78, 5) is 16.6. The Morgan fingerprint density at radius 3 is 2.86 bits per heavy atom. The number of ether oxygens (including phenoxy) is 2. The van der Waals surface area contributed by atoms with Crippen LogP contribution in [0.4, 0.5) is 11.4 Å². The maximum absolute atomic E-state index is 12.0. The van der Waals surface area contributed by atoms with Crippen molar-refractivity contribution in [3.63, 3.8) is 0 Å². The number of rotatable bonds is 11. The monoisotopic (exact) mass is 541 g/mol. The van der Waals surface area contributed by atoms with Crippen LogP contribution in [0.1, 0.15) is 41.7 Å². The van der Waals surface area contributed by atoms with Crippen LogP contribution in [-0.4, -0.2) is 41.0 Å². The second-order valence-electron chi connectivity index (χ2n) is 9.06. The van der Waals surface area contributed by atoms with Crippen LogP contribution in [0.5, 0.6) is 5.88 Å². The Balaban J connectivity index is 1.36. The first-order valence-corrected chi connectivity index (χ1v) is 12.7. The summed E-state index contributed by atoms with van der Waals surface area (Å²) in [5.74, 6) is 1.58. The van der Waals surface area contributed by atoms with E-state index in [1.54, 1.807) is 23.0 Å². The Morgan fingerprint density at radius 1 is 1.31 bits per heavy atom. The van der Waals surface area contributed by atoms with Crippen molar-refractivity contribution in [2.45, 2.75) is 32.6 Å². The summed E-state index contributed by atoms with van der Waals surface area (Å²) in [6, 6.07) is 9.31. The molecule has 1 saturated carbocycles. The van der Waals surface area contributed by atoms with Crippen molar-refractivity contribution in [3.8, 4) is 17.1 Å². The molecule has 0 radical (unpaired) electrons. The molecule has 0 bridgehead atoms. The lowest BCUT2D eigenvalue weighted by molar-refractivity contribution is 0.0600. The minimum Gasteiger partial charge on any atom is -0.477 e. The number of hydrogen-bond donors (Lipinski definition) is 2. The number of nitrogens with zero attached hydrogens (tertiary/aromatic N) is 3. The first-order valence-electron chi connectivity index (χ1n) is 11.9. The van der Waals surface area contributed by atoms with E-state index in [9.17, 15) is 4.79 Å². The topological polar surface area (TPSA) is 104 Å². The van der Waals surface area contributed by atoms with Crippen LogP contribution >= 0.6 is 15.9 Å². The molecule has 0 unspecified atom stereocenters. The predicted octanol–water partition coefficient (Wildman–Crippen LogP) is 5.22. The highest BCUT2D eigenvalue weighted by atomic mass is 79.9. The highest BCUT2D eigenvalue weighted by Gasteiger charge is 2.30. The van der Waals surface area contributed by atoms with E-state index in [0.29, 0.717) is 29.7 Å². The third-order valence-corrected chi connectivity index (χ3v) is 6.84. The highest BCUT2D eigenvalue weighted by molar-refractivity contribution is 9.10. The number of aryl methyl sites for hydroxylation is 2. The molecule has 186 valence electrons. The molecule has 3 aromatic rings. The van der Waals surface area contributed by atoms with Gasteiger partial charge in [0.2, 0.25) is 5.88 Å². The van der Waals surface area contributed by atoms with Gasteiger partial charge >= 0.3 is 5.97 Å². The van der Waals surface area contributed by atoms with Crippen LogP contribution in [-0.2, 0) is 11.8 Å². The first kappa shape index (κ1) is 25.0. The summed E-state index contributed by atoms with van der Waals surface area (Å²) in [6.45, 7) is 3.32. The summed E-state index contributed by atoms with van der Waals surface area (Å²) < 4.78 is 13.8. The number of halogens is 1. The van der Waals surface area contributed by atoms with Gasteiger partial charge in [-0.25, -0.2) is 9.48 Å². The van der Waals surface area contributed by atoms with Gasteiger partial charge in [-0.3, -0.25) is 4.98 Å². The van der Waals surface area contributed by atoms with E-state index < -0.39 is 5.97 Å². The summed E-state index contributed by atoms with van der Waals surface area (Å²) in [7, 11) is 3.21. The molecule has 0 saturated heterocycles. The summed E-state index contributed by atoms with van der Waals surface area (Å²) in [5, 5.41) is 7.90. The van der Waals surface area contributed by atoms with Crippen LogP contribution in [0.15, 0.2) is 41.0 Å². The van der Waals surface area contributed by atoms with Crippen molar-refractivity contribution in [3.05, 3.63) is 52.3 Å². The number of nitrogens with one attached hydrogen (secondary N) is 1. The van der Waals surface area contributed by atoms with Crippen molar-refractivity contribution < 1.29 is 14.3 Å². The fourth-order valence-corrected chi connectivity index (χ4v) is 4.69. The van der Waals surface area contributed by atoms with Gasteiger partial charge in [-0.1, -0.05) is 15.9 Å². The lowest BCUT2D eigenvalue weighted by atomic mass is 9.97. The summed E-state index contributed by atoms with van der Waals surface area (Å²) >= 11 is 3.52. The van der Waals surface area contributed by atoms with E-state index in [1.807, 2.05) is 32.2 Å². The first-order chi connectivity index (χ1) is 16.9. The number of nitrogen functional groups attached to an aromatic ring is 1. The van der Waals surface area contributed by atoms with Crippen molar-refractivity contribution in [2.75, 3.05) is 31.3 Å². The van der Waals surface area contributed by atoms with Crippen molar-refractivity contribution in [2.24, 2.45) is 18.9 Å². The quantitative estimate of drug-likeness (QED) is 0.195. The van der Waals surface area contributed by atoms with Gasteiger partial charge in [0.25, 0.3) is 0 Å². The molecule has 8 nitrogen and oxygen atoms in total. The number of pyridine rings is 1. The number of nitrogens with two attached hydrogens (primary N) is 1. The number of benzene rings is 1. The number of carbonyl (C=O) groups is 1. The lowest BCUT2D eigenvalue weighted by Gasteiger charge is -2.19. The van der Waals surface area contributed by atoms with Crippen molar-refractivity contribution in [1.29, 1.82) is 0 Å². The number of anilines is 2. The van der Waals surface area contributed by atoms with Gasteiger partial charge in [0.05, 0.1) is 48.1 Å². The molecule has 4 rings (SSSR count). The Kier molecular flexibility index (Phi) is 7.95. The molecular weight excluding hydrogens is 510 g/mol. The second-order valence-corrected chi connectivity index (χ2v) is 9.98. The SMILES string of the molecule is COC(=O)c1cc(C)nc(-c2cnn(C)c2OCCC[C@H](CNc2cc(Br)ccc2N)C2CC2)c1. The average molecular weight is 542 g/mol. The van der Waals surface area contributed by atoms with Gasteiger partial charge < -0.3 is 20.5 Å². The van der Waals surface area contributed by atoms with E-state index >= 15 is 0 Å². The van der Waals surface area contributed by atoms with Crippen molar-refractivity contribution in [1.82, 2.24) is 14.8 Å². The van der Waals surface area contributed by atoms with Gasteiger partial charge in [-0.15, -0.1) is 0 Å². The Bertz CT molecular complexity index is 1190. The fourth-order valence-electron chi connectivity index (χ4n) is 4.32. The molecule has 0 spiro atoms. The van der Waals surface area contributed by atoms with Crippen LogP contribution in [0, 0.1) is 18.8 Å². The molecule has 2 heterocycles. The zero-order chi connectivity index (χ0) is 24.9. The maximum atomic E-state index is 12.0.